The van der Waals surface area contributed by atoms with Crippen LogP contribution in [0, 0.1) is 6.92 Å². The number of rotatable bonds is 5. The molecule has 0 heterocycles. The molecule has 1 aromatic rings. The predicted octanol–water partition coefficient (Wildman–Crippen LogP) is 2.73. The molecule has 0 aliphatic heterocycles. The highest BCUT2D eigenvalue weighted by Crippen LogP contribution is 2.32. The van der Waals surface area contributed by atoms with E-state index in [-0.39, 0.29) is 12.0 Å². The number of hydrogen-bond donors (Lipinski definition) is 2. The molecule has 1 rings (SSSR count). The van der Waals surface area contributed by atoms with Crippen molar-refractivity contribution in [1.82, 2.24) is 5.32 Å². The smallest absolute Gasteiger partial charge is 0.327 e. The van der Waals surface area contributed by atoms with Gasteiger partial charge in [-0.15, -0.1) is 0 Å². The van der Waals surface area contributed by atoms with E-state index in [1.807, 2.05) is 19.1 Å². The zero-order valence-corrected chi connectivity index (χ0v) is 13.2. The average molecular weight is 279 g/mol. The average Bonchev–Trinajstić information content (AvgIpc) is 2.35. The van der Waals surface area contributed by atoms with Crippen molar-refractivity contribution < 1.29 is 14.6 Å². The van der Waals surface area contributed by atoms with Crippen molar-refractivity contribution in [1.29, 1.82) is 0 Å². The maximum atomic E-state index is 11.3. The molecule has 0 aliphatic carbocycles. The van der Waals surface area contributed by atoms with Crippen molar-refractivity contribution in [3.05, 3.63) is 29.3 Å². The Morgan fingerprint density at radius 3 is 2.35 bits per heavy atom. The summed E-state index contributed by atoms with van der Waals surface area (Å²) < 4.78 is 5.79. The lowest BCUT2D eigenvalue weighted by Gasteiger charge is -2.27. The van der Waals surface area contributed by atoms with Crippen molar-refractivity contribution in [3.63, 3.8) is 0 Å². The Hall–Kier alpha value is -1.55. The number of carboxylic acids is 1. The van der Waals surface area contributed by atoms with Gasteiger partial charge in [0.1, 0.15) is 17.9 Å². The van der Waals surface area contributed by atoms with E-state index < -0.39 is 11.5 Å². The molecule has 0 aliphatic rings. The molecule has 2 N–H and O–H groups in total. The molecular weight excluding hydrogens is 254 g/mol. The molecule has 0 bridgehead atoms. The Kier molecular flexibility index (Phi) is 4.81. The van der Waals surface area contributed by atoms with Gasteiger partial charge in [-0.25, -0.2) is 0 Å². The van der Waals surface area contributed by atoms with E-state index >= 15 is 0 Å². The summed E-state index contributed by atoms with van der Waals surface area (Å²) in [5, 5.41) is 12.0. The number of carboxylic acid groups (broad SMARTS) is 1. The topological polar surface area (TPSA) is 58.6 Å². The van der Waals surface area contributed by atoms with Crippen LogP contribution in [0.15, 0.2) is 18.2 Å². The summed E-state index contributed by atoms with van der Waals surface area (Å²) in [4.78, 5) is 11.3. The van der Waals surface area contributed by atoms with Crippen molar-refractivity contribution in [2.45, 2.75) is 45.6 Å². The van der Waals surface area contributed by atoms with Gasteiger partial charge in [0.2, 0.25) is 0 Å². The van der Waals surface area contributed by atoms with Crippen LogP contribution in [0.3, 0.4) is 0 Å². The Morgan fingerprint density at radius 2 is 1.90 bits per heavy atom. The van der Waals surface area contributed by atoms with Crippen molar-refractivity contribution in [3.8, 4) is 5.75 Å². The van der Waals surface area contributed by atoms with Gasteiger partial charge in [0.05, 0.1) is 0 Å². The van der Waals surface area contributed by atoms with Gasteiger partial charge in [-0.1, -0.05) is 38.5 Å². The van der Waals surface area contributed by atoms with Crippen LogP contribution < -0.4 is 10.1 Å². The number of aliphatic carboxylic acids is 1. The van der Waals surface area contributed by atoms with Crippen molar-refractivity contribution in [2.24, 2.45) is 0 Å². The Morgan fingerprint density at radius 1 is 1.30 bits per heavy atom. The van der Waals surface area contributed by atoms with Gasteiger partial charge in [0.25, 0.3) is 0 Å². The highest BCUT2D eigenvalue weighted by Gasteiger charge is 2.33. The lowest BCUT2D eigenvalue weighted by Crippen LogP contribution is -2.52. The molecule has 4 nitrogen and oxygen atoms in total. The molecule has 0 aromatic heterocycles. The van der Waals surface area contributed by atoms with Gasteiger partial charge >= 0.3 is 5.97 Å². The summed E-state index contributed by atoms with van der Waals surface area (Å²) in [5.74, 6) is -0.185. The molecule has 1 aromatic carbocycles. The largest absolute Gasteiger partial charge is 0.491 e. The molecule has 0 amide bonds. The third-order valence-corrected chi connectivity index (χ3v) is 3.48. The maximum Gasteiger partial charge on any atom is 0.327 e. The van der Waals surface area contributed by atoms with Gasteiger partial charge in [-0.2, -0.15) is 0 Å². The van der Waals surface area contributed by atoms with E-state index in [2.05, 4.69) is 32.2 Å². The number of benzene rings is 1. The summed E-state index contributed by atoms with van der Waals surface area (Å²) in [6.07, 6.45) is 0. The zero-order valence-electron chi connectivity index (χ0n) is 13.2. The fraction of sp³-hybridized carbons (Fsp3) is 0.562. The Bertz CT molecular complexity index is 491. The van der Waals surface area contributed by atoms with Crippen LogP contribution in [-0.2, 0) is 10.2 Å². The van der Waals surface area contributed by atoms with Crippen LogP contribution in [0.5, 0.6) is 5.75 Å². The van der Waals surface area contributed by atoms with Gasteiger partial charge < -0.3 is 15.2 Å². The third-order valence-electron chi connectivity index (χ3n) is 3.48. The first-order valence-corrected chi connectivity index (χ1v) is 6.76. The summed E-state index contributed by atoms with van der Waals surface area (Å²) in [6, 6.07) is 5.97. The zero-order chi connectivity index (χ0) is 15.6. The fourth-order valence-electron chi connectivity index (χ4n) is 1.82. The monoisotopic (exact) mass is 279 g/mol. The van der Waals surface area contributed by atoms with E-state index in [1.165, 1.54) is 0 Å². The molecule has 0 saturated carbocycles. The summed E-state index contributed by atoms with van der Waals surface area (Å²) >= 11 is 0. The lowest BCUT2D eigenvalue weighted by atomic mass is 9.85. The minimum atomic E-state index is -1.10. The number of carbonyl (C=O) groups is 1. The van der Waals surface area contributed by atoms with Crippen LogP contribution in [0.2, 0.25) is 0 Å². The van der Waals surface area contributed by atoms with Gasteiger partial charge in [-0.05, 0) is 37.9 Å². The van der Waals surface area contributed by atoms with Gasteiger partial charge in [0, 0.05) is 0 Å². The van der Waals surface area contributed by atoms with Crippen LogP contribution in [0.25, 0.3) is 0 Å². The molecule has 4 heteroatoms. The van der Waals surface area contributed by atoms with Crippen LogP contribution in [0.1, 0.15) is 38.8 Å². The fourth-order valence-corrected chi connectivity index (χ4v) is 1.82. The second-order valence-corrected chi connectivity index (χ2v) is 6.43. The molecule has 1 atom stereocenters. The minimum absolute atomic E-state index is 0.0549. The van der Waals surface area contributed by atoms with Gasteiger partial charge in [-0.3, -0.25) is 4.79 Å². The Labute approximate surface area is 121 Å². The molecule has 0 saturated heterocycles. The standard InChI is InChI=1S/C16H25NO3/c1-11-7-8-13(12(9-11)15(2,3)4)20-10-16(5,17-6)14(18)19/h7-9,17H,10H2,1-6H3,(H,18,19). The van der Waals surface area contributed by atoms with Gasteiger partial charge in [0.15, 0.2) is 0 Å². The second kappa shape index (κ2) is 5.83. The summed E-state index contributed by atoms with van der Waals surface area (Å²) in [7, 11) is 1.62. The molecule has 20 heavy (non-hydrogen) atoms. The SMILES string of the molecule is CNC(C)(COc1ccc(C)cc1C(C)(C)C)C(=O)O. The number of nitrogens with one attached hydrogen (secondary N) is 1. The first-order chi connectivity index (χ1) is 9.10. The minimum Gasteiger partial charge on any atom is -0.491 e. The van der Waals surface area contributed by atoms with Crippen LogP contribution in [0.4, 0.5) is 0 Å². The molecule has 0 fully saturated rings. The van der Waals surface area contributed by atoms with Crippen molar-refractivity contribution >= 4 is 5.97 Å². The third kappa shape index (κ3) is 3.73. The first-order valence-electron chi connectivity index (χ1n) is 6.76. The summed E-state index contributed by atoms with van der Waals surface area (Å²) in [5.41, 5.74) is 1.10. The van der Waals surface area contributed by atoms with E-state index in [9.17, 15) is 9.90 Å². The number of likely N-dealkylation sites (N-methyl/N-ethyl adjacent to an activating group) is 1. The molecule has 112 valence electrons. The predicted molar refractivity (Wildman–Crippen MR) is 80.5 cm³/mol. The normalized spacial score (nSPS) is 14.7. The van der Waals surface area contributed by atoms with E-state index in [0.29, 0.717) is 0 Å². The van der Waals surface area contributed by atoms with Crippen molar-refractivity contribution in [2.75, 3.05) is 13.7 Å². The number of hydrogen-bond acceptors (Lipinski definition) is 3. The van der Waals surface area contributed by atoms with E-state index in [0.717, 1.165) is 16.9 Å². The van der Waals surface area contributed by atoms with E-state index in [1.54, 1.807) is 14.0 Å². The van der Waals surface area contributed by atoms with Crippen LogP contribution in [-0.4, -0.2) is 30.3 Å². The van der Waals surface area contributed by atoms with Crippen LogP contribution >= 0.6 is 0 Å². The lowest BCUT2D eigenvalue weighted by molar-refractivity contribution is -0.145. The first kappa shape index (κ1) is 16.5. The number of aryl methyl sites for hydroxylation is 1. The maximum absolute atomic E-state index is 11.3. The highest BCUT2D eigenvalue weighted by molar-refractivity contribution is 5.78. The highest BCUT2D eigenvalue weighted by atomic mass is 16.5. The molecular formula is C16H25NO3. The molecule has 0 radical (unpaired) electrons. The summed E-state index contributed by atoms with van der Waals surface area (Å²) in [6.45, 7) is 10.1. The second-order valence-electron chi connectivity index (χ2n) is 6.43. The molecule has 1 unspecified atom stereocenters. The molecule has 0 spiro atoms. The number of ether oxygens (including phenoxy) is 1. The quantitative estimate of drug-likeness (QED) is 0.870. The Balaban J connectivity index is 3.02. The van der Waals surface area contributed by atoms with E-state index in [4.69, 9.17) is 4.74 Å².